The first-order valence-electron chi connectivity index (χ1n) is 7.80. The molecule has 0 atom stereocenters. The summed E-state index contributed by atoms with van der Waals surface area (Å²) in [6, 6.07) is 6.59. The second-order valence-corrected chi connectivity index (χ2v) is 5.37. The number of ketones is 1. The molecule has 0 fully saturated rings. The van der Waals surface area contributed by atoms with E-state index in [0.29, 0.717) is 17.8 Å². The van der Waals surface area contributed by atoms with Gasteiger partial charge in [0.25, 0.3) is 0 Å². The second-order valence-electron chi connectivity index (χ2n) is 5.37. The molecule has 0 aliphatic rings. The van der Waals surface area contributed by atoms with Gasteiger partial charge in [0, 0.05) is 45.0 Å². The van der Waals surface area contributed by atoms with Crippen LogP contribution >= 0.6 is 0 Å². The Morgan fingerprint density at radius 2 is 1.67 bits per heavy atom. The van der Waals surface area contributed by atoms with Crippen LogP contribution in [0.1, 0.15) is 31.1 Å². The van der Waals surface area contributed by atoms with Crippen LogP contribution in [0.4, 0.5) is 5.69 Å². The summed E-state index contributed by atoms with van der Waals surface area (Å²) in [5, 5.41) is 0. The van der Waals surface area contributed by atoms with E-state index in [1.807, 2.05) is 6.92 Å². The molecule has 0 N–H and O–H groups in total. The van der Waals surface area contributed by atoms with Crippen molar-refractivity contribution in [3.05, 3.63) is 41.6 Å². The first kappa shape index (κ1) is 19.4. The van der Waals surface area contributed by atoms with Crippen molar-refractivity contribution in [3.63, 3.8) is 0 Å². The number of hydrogen-bond donors (Lipinski definition) is 0. The lowest BCUT2D eigenvalue weighted by Gasteiger charge is -2.19. The van der Waals surface area contributed by atoms with E-state index in [-0.39, 0.29) is 18.1 Å². The number of rotatable bonds is 7. The highest BCUT2D eigenvalue weighted by Crippen LogP contribution is 2.18. The number of Topliss-reactive ketones (excluding diaryl/α,β-unsaturated/α-hetero) is 1. The molecule has 0 aliphatic heterocycles. The molecule has 1 aromatic rings. The Bertz CT molecular complexity index is 633. The minimum absolute atomic E-state index is 0.0338. The van der Waals surface area contributed by atoms with Crippen molar-refractivity contribution in [2.24, 2.45) is 0 Å². The Morgan fingerprint density at radius 1 is 1.08 bits per heavy atom. The molecule has 24 heavy (non-hydrogen) atoms. The quantitative estimate of drug-likeness (QED) is 0.252. The van der Waals surface area contributed by atoms with Gasteiger partial charge in [-0.2, -0.15) is 0 Å². The summed E-state index contributed by atoms with van der Waals surface area (Å²) in [5.41, 5.74) is 1.03. The second kappa shape index (κ2) is 8.86. The number of carbonyl (C=O) groups is 3. The molecule has 0 aliphatic carbocycles. The van der Waals surface area contributed by atoms with Crippen molar-refractivity contribution in [2.45, 2.75) is 20.8 Å². The minimum Gasteiger partial charge on any atom is -0.462 e. The van der Waals surface area contributed by atoms with Crippen LogP contribution in [0, 0.1) is 0 Å². The molecule has 1 rings (SSSR count). The smallest absolute Gasteiger partial charge is 0.343 e. The molecule has 0 saturated carbocycles. The summed E-state index contributed by atoms with van der Waals surface area (Å²) in [5.74, 6) is -1.14. The maximum Gasteiger partial charge on any atom is 0.343 e. The van der Waals surface area contributed by atoms with Gasteiger partial charge in [0.1, 0.15) is 5.57 Å². The first-order valence-corrected chi connectivity index (χ1v) is 7.80. The van der Waals surface area contributed by atoms with Crippen LogP contribution in [0.2, 0.25) is 0 Å². The highest BCUT2D eigenvalue weighted by Gasteiger charge is 2.22. The van der Waals surface area contributed by atoms with Crippen molar-refractivity contribution in [2.75, 3.05) is 32.1 Å². The highest BCUT2D eigenvalue weighted by atomic mass is 16.5. The molecule has 0 heterocycles. The van der Waals surface area contributed by atoms with Gasteiger partial charge in [-0.15, -0.1) is 0 Å². The van der Waals surface area contributed by atoms with Crippen LogP contribution in [-0.4, -0.2) is 49.8 Å². The van der Waals surface area contributed by atoms with Gasteiger partial charge in [0.05, 0.1) is 6.61 Å². The maximum absolute atomic E-state index is 12.6. The molecular weight excluding hydrogens is 308 g/mol. The molecule has 0 radical (unpaired) electrons. The molecule has 6 nitrogen and oxygen atoms in total. The fraction of sp³-hybridized carbons (Fsp3) is 0.389. The van der Waals surface area contributed by atoms with Gasteiger partial charge in [-0.25, -0.2) is 4.79 Å². The predicted molar refractivity (Wildman–Crippen MR) is 92.9 cm³/mol. The zero-order valence-corrected chi connectivity index (χ0v) is 14.8. The Balaban J connectivity index is 3.12. The zero-order chi connectivity index (χ0) is 18.3. The molecule has 130 valence electrons. The van der Waals surface area contributed by atoms with E-state index in [2.05, 4.69) is 0 Å². The van der Waals surface area contributed by atoms with Crippen LogP contribution in [0.25, 0.3) is 0 Å². The topological polar surface area (TPSA) is 66.9 Å². The van der Waals surface area contributed by atoms with Crippen molar-refractivity contribution in [1.82, 2.24) is 4.90 Å². The van der Waals surface area contributed by atoms with Gasteiger partial charge < -0.3 is 14.5 Å². The molecule has 0 spiro atoms. The van der Waals surface area contributed by atoms with Crippen LogP contribution in [0.15, 0.2) is 36.0 Å². The fourth-order valence-corrected chi connectivity index (χ4v) is 2.21. The molecule has 1 aromatic carbocycles. The van der Waals surface area contributed by atoms with Gasteiger partial charge in [0.2, 0.25) is 11.7 Å². The monoisotopic (exact) mass is 332 g/mol. The zero-order valence-electron chi connectivity index (χ0n) is 14.8. The Labute approximate surface area is 142 Å². The number of nitrogens with zero attached hydrogens (tertiary/aromatic N) is 2. The normalized spacial score (nSPS) is 11.0. The molecule has 0 aromatic heterocycles. The van der Waals surface area contributed by atoms with Crippen molar-refractivity contribution in [3.8, 4) is 0 Å². The minimum atomic E-state index is -0.654. The van der Waals surface area contributed by atoms with Crippen LogP contribution in [0.5, 0.6) is 0 Å². The van der Waals surface area contributed by atoms with Crippen LogP contribution in [0.3, 0.4) is 0 Å². The molecule has 1 amide bonds. The Morgan fingerprint density at radius 3 is 2.08 bits per heavy atom. The summed E-state index contributed by atoms with van der Waals surface area (Å²) < 4.78 is 4.95. The number of esters is 1. The fourth-order valence-electron chi connectivity index (χ4n) is 2.21. The first-order chi connectivity index (χ1) is 11.3. The number of anilines is 1. The number of ether oxygens (including phenoxy) is 1. The average molecular weight is 332 g/mol. The van der Waals surface area contributed by atoms with E-state index in [9.17, 15) is 14.4 Å². The van der Waals surface area contributed by atoms with Gasteiger partial charge in [-0.05, 0) is 38.1 Å². The summed E-state index contributed by atoms with van der Waals surface area (Å²) in [7, 11) is 3.45. The highest BCUT2D eigenvalue weighted by molar-refractivity contribution is 6.24. The van der Waals surface area contributed by atoms with Gasteiger partial charge >= 0.3 is 5.97 Å². The van der Waals surface area contributed by atoms with E-state index in [0.717, 1.165) is 0 Å². The van der Waals surface area contributed by atoms with Crippen molar-refractivity contribution in [1.29, 1.82) is 0 Å². The van der Waals surface area contributed by atoms with E-state index in [1.165, 1.54) is 13.1 Å². The molecule has 0 saturated heterocycles. The number of carbonyl (C=O) groups excluding carboxylic acids is 3. The van der Waals surface area contributed by atoms with Gasteiger partial charge in [-0.3, -0.25) is 9.59 Å². The summed E-state index contributed by atoms with van der Waals surface area (Å²) in [6.45, 7) is 5.78. The third-order valence-corrected chi connectivity index (χ3v) is 3.26. The Kier molecular flexibility index (Phi) is 7.17. The molecule has 0 bridgehead atoms. The standard InChI is InChI=1S/C18H24N2O4/c1-6-20(13(3)21)15-10-8-14(9-11-15)17(22)16(12-19(4)5)18(23)24-7-2/h8-12H,6-7H2,1-5H3/b16-12-. The average Bonchev–Trinajstić information content (AvgIpc) is 2.53. The number of hydrogen-bond acceptors (Lipinski definition) is 5. The van der Waals surface area contributed by atoms with Gasteiger partial charge in [-0.1, -0.05) is 0 Å². The lowest BCUT2D eigenvalue weighted by molar-refractivity contribution is -0.138. The Hall–Kier alpha value is -2.63. The third kappa shape index (κ3) is 4.94. The molecule has 6 heteroatoms. The van der Waals surface area contributed by atoms with Crippen molar-refractivity contribution >= 4 is 23.3 Å². The SMILES string of the molecule is CCOC(=O)/C(=C\N(C)C)C(=O)c1ccc(N(CC)C(C)=O)cc1. The number of benzene rings is 1. The lowest BCUT2D eigenvalue weighted by atomic mass is 10.0. The van der Waals surface area contributed by atoms with Crippen molar-refractivity contribution < 1.29 is 19.1 Å². The number of amides is 1. The van der Waals surface area contributed by atoms with E-state index < -0.39 is 11.8 Å². The predicted octanol–water partition coefficient (Wildman–Crippen LogP) is 2.25. The van der Waals surface area contributed by atoms with Gasteiger partial charge in [0.15, 0.2) is 0 Å². The van der Waals surface area contributed by atoms with E-state index in [4.69, 9.17) is 4.74 Å². The van der Waals surface area contributed by atoms with Crippen LogP contribution in [-0.2, 0) is 14.3 Å². The molecular formula is C18H24N2O4. The third-order valence-electron chi connectivity index (χ3n) is 3.26. The maximum atomic E-state index is 12.6. The van der Waals surface area contributed by atoms with E-state index in [1.54, 1.807) is 55.1 Å². The summed E-state index contributed by atoms with van der Waals surface area (Å²) in [4.78, 5) is 39.4. The summed E-state index contributed by atoms with van der Waals surface area (Å²) in [6.07, 6.45) is 1.45. The van der Waals surface area contributed by atoms with Crippen LogP contribution < -0.4 is 4.90 Å². The summed E-state index contributed by atoms with van der Waals surface area (Å²) >= 11 is 0. The largest absolute Gasteiger partial charge is 0.462 e. The lowest BCUT2D eigenvalue weighted by Crippen LogP contribution is -2.27. The van der Waals surface area contributed by atoms with E-state index >= 15 is 0 Å². The molecule has 0 unspecified atom stereocenters.